The van der Waals surface area contributed by atoms with Crippen molar-refractivity contribution in [2.75, 3.05) is 23.7 Å². The number of hydrogen-bond acceptors (Lipinski definition) is 8. The fourth-order valence-electron chi connectivity index (χ4n) is 6.97. The van der Waals surface area contributed by atoms with Crippen LogP contribution in [0.5, 0.6) is 5.88 Å². The topological polar surface area (TPSA) is 131 Å². The van der Waals surface area contributed by atoms with Gasteiger partial charge in [0.15, 0.2) is 17.5 Å². The summed E-state index contributed by atoms with van der Waals surface area (Å²) in [6.07, 6.45) is -3.68. The van der Waals surface area contributed by atoms with E-state index in [4.69, 9.17) is 10.5 Å². The Morgan fingerprint density at radius 1 is 1.08 bits per heavy atom. The maximum absolute atomic E-state index is 14.8. The van der Waals surface area contributed by atoms with Crippen LogP contribution in [0.3, 0.4) is 0 Å². The van der Waals surface area contributed by atoms with Crippen LogP contribution >= 0.6 is 0 Å². The molecular formula is C33H33F6N7O3. The molecule has 2 fully saturated rings. The number of nitrogens with zero attached hydrogens (tertiary/aromatic N) is 5. The molecule has 10 nitrogen and oxygen atoms in total. The van der Waals surface area contributed by atoms with Gasteiger partial charge in [-0.1, -0.05) is 19.1 Å². The average molecular weight is 690 g/mol. The highest BCUT2D eigenvalue weighted by Gasteiger charge is 2.50. The fraction of sp³-hybridized carbons (Fsp3) is 0.394. The highest BCUT2D eigenvalue weighted by atomic mass is 19.4. The predicted molar refractivity (Wildman–Crippen MR) is 167 cm³/mol. The number of carboxylic acids is 1. The Morgan fingerprint density at radius 2 is 1.78 bits per heavy atom. The molecule has 49 heavy (non-hydrogen) atoms. The maximum atomic E-state index is 14.8. The Labute approximate surface area is 276 Å². The van der Waals surface area contributed by atoms with E-state index in [2.05, 4.69) is 20.4 Å². The molecule has 2 unspecified atom stereocenters. The molecule has 4 N–H and O–H groups in total. The van der Waals surface area contributed by atoms with Gasteiger partial charge in [0.2, 0.25) is 17.9 Å². The van der Waals surface area contributed by atoms with E-state index in [1.807, 2.05) is 11.8 Å². The Morgan fingerprint density at radius 3 is 2.37 bits per heavy atom. The highest BCUT2D eigenvalue weighted by molar-refractivity contribution is 5.74. The minimum Gasteiger partial charge on any atom is -0.480 e. The summed E-state index contributed by atoms with van der Waals surface area (Å²) >= 11 is 0. The first-order valence-corrected chi connectivity index (χ1v) is 15.6. The van der Waals surface area contributed by atoms with E-state index in [-0.39, 0.29) is 40.0 Å². The minimum atomic E-state index is -4.99. The number of alkyl halides is 3. The third-order valence-corrected chi connectivity index (χ3v) is 9.38. The van der Waals surface area contributed by atoms with Crippen molar-refractivity contribution in [1.29, 1.82) is 0 Å². The van der Waals surface area contributed by atoms with Gasteiger partial charge >= 0.3 is 12.1 Å². The number of halogens is 6. The van der Waals surface area contributed by atoms with Gasteiger partial charge in [-0.05, 0) is 73.4 Å². The van der Waals surface area contributed by atoms with Gasteiger partial charge in [0.25, 0.3) is 0 Å². The summed E-state index contributed by atoms with van der Waals surface area (Å²) in [5.41, 5.74) is 5.67. The molecule has 0 radical (unpaired) electrons. The van der Waals surface area contributed by atoms with E-state index in [1.165, 1.54) is 29.1 Å². The first kappa shape index (κ1) is 34.0. The zero-order chi connectivity index (χ0) is 35.2. The van der Waals surface area contributed by atoms with Crippen LogP contribution in [0, 0.1) is 29.8 Å². The number of aromatic nitrogens is 4. The lowest BCUT2D eigenvalue weighted by atomic mass is 9.71. The molecule has 4 heterocycles. The number of benzene rings is 2. The average Bonchev–Trinajstić information content (AvgIpc) is 3.65. The van der Waals surface area contributed by atoms with E-state index in [9.17, 15) is 36.2 Å². The minimum absolute atomic E-state index is 0.0120. The lowest BCUT2D eigenvalue weighted by Gasteiger charge is -2.43. The number of ether oxygens (including phenoxy) is 1. The summed E-state index contributed by atoms with van der Waals surface area (Å²) in [5, 5.41) is 17.0. The summed E-state index contributed by atoms with van der Waals surface area (Å²) in [6, 6.07) is 7.24. The second-order valence-electron chi connectivity index (χ2n) is 12.5. The molecule has 0 bridgehead atoms. The number of anilines is 2. The van der Waals surface area contributed by atoms with Crippen molar-refractivity contribution in [3.05, 3.63) is 77.4 Å². The van der Waals surface area contributed by atoms with Gasteiger partial charge in [-0.15, -0.1) is 0 Å². The second kappa shape index (κ2) is 12.9. The van der Waals surface area contributed by atoms with Gasteiger partial charge < -0.3 is 25.8 Å². The van der Waals surface area contributed by atoms with Crippen LogP contribution < -0.4 is 20.7 Å². The number of piperidine rings is 1. The highest BCUT2D eigenvalue weighted by Crippen LogP contribution is 2.46. The third-order valence-electron chi connectivity index (χ3n) is 9.38. The predicted octanol–water partition coefficient (Wildman–Crippen LogP) is 6.13. The first-order chi connectivity index (χ1) is 23.2. The molecule has 2 aliphatic rings. The van der Waals surface area contributed by atoms with Crippen molar-refractivity contribution in [2.45, 2.75) is 63.9 Å². The Hall–Kier alpha value is -4.86. The zero-order valence-corrected chi connectivity index (χ0v) is 26.4. The van der Waals surface area contributed by atoms with Crippen molar-refractivity contribution < 1.29 is 41.0 Å². The SMILES string of the molecule is CCC1NC(C(=O)O)CC12CCN(c1cc(O[C@H](c3ccc(-c4cc(F)c(F)c(F)c4)cc3-n3ccc(C)n3)C(F)(F)F)nc(N)n1)CC2. The van der Waals surface area contributed by atoms with Crippen LogP contribution in [0.2, 0.25) is 0 Å². The molecule has 1 spiro atoms. The van der Waals surface area contributed by atoms with Crippen molar-refractivity contribution >= 4 is 17.7 Å². The largest absolute Gasteiger partial charge is 0.480 e. The molecular weight excluding hydrogens is 656 g/mol. The van der Waals surface area contributed by atoms with Gasteiger partial charge in [0.1, 0.15) is 11.9 Å². The van der Waals surface area contributed by atoms with Gasteiger partial charge in [0.05, 0.1) is 11.4 Å². The molecule has 0 saturated carbocycles. The van der Waals surface area contributed by atoms with Crippen molar-refractivity contribution in [2.24, 2.45) is 5.41 Å². The number of hydrogen-bond donors (Lipinski definition) is 3. The van der Waals surface area contributed by atoms with E-state index in [0.29, 0.717) is 38.0 Å². The lowest BCUT2D eigenvalue weighted by molar-refractivity contribution is -0.198. The first-order valence-electron chi connectivity index (χ1n) is 15.6. The molecule has 6 rings (SSSR count). The molecule has 260 valence electrons. The smallest absolute Gasteiger partial charge is 0.429 e. The number of aliphatic carboxylic acids is 1. The Bertz CT molecular complexity index is 1850. The lowest BCUT2D eigenvalue weighted by Crippen LogP contribution is -2.46. The van der Waals surface area contributed by atoms with E-state index >= 15 is 0 Å². The summed E-state index contributed by atoms with van der Waals surface area (Å²) in [4.78, 5) is 21.7. The quantitative estimate of drug-likeness (QED) is 0.148. The molecule has 0 aliphatic carbocycles. The van der Waals surface area contributed by atoms with Crippen LogP contribution in [0.4, 0.5) is 38.1 Å². The molecule has 0 amide bonds. The van der Waals surface area contributed by atoms with Crippen LogP contribution in [0.15, 0.2) is 48.7 Å². The van der Waals surface area contributed by atoms with Crippen LogP contribution in [0.25, 0.3) is 16.8 Å². The van der Waals surface area contributed by atoms with Gasteiger partial charge in [0, 0.05) is 37.0 Å². The normalized spacial score (nSPS) is 19.7. The van der Waals surface area contributed by atoms with Crippen molar-refractivity contribution in [1.82, 2.24) is 25.1 Å². The summed E-state index contributed by atoms with van der Waals surface area (Å²) in [6.45, 7) is 4.54. The number of carbonyl (C=O) groups is 1. The number of nitrogens with two attached hydrogens (primary N) is 1. The van der Waals surface area contributed by atoms with E-state index < -0.39 is 53.2 Å². The number of nitrogens with one attached hydrogen (secondary N) is 1. The molecule has 2 saturated heterocycles. The molecule has 16 heteroatoms. The molecule has 3 atom stereocenters. The Kier molecular flexibility index (Phi) is 8.94. The molecule has 2 aromatic heterocycles. The van der Waals surface area contributed by atoms with E-state index in [1.54, 1.807) is 13.0 Å². The van der Waals surface area contributed by atoms with Gasteiger partial charge in [-0.2, -0.15) is 28.2 Å². The van der Waals surface area contributed by atoms with E-state index in [0.717, 1.165) is 24.6 Å². The van der Waals surface area contributed by atoms with Crippen LogP contribution in [-0.2, 0) is 4.79 Å². The van der Waals surface area contributed by atoms with Gasteiger partial charge in [-0.25, -0.2) is 17.9 Å². The molecule has 4 aromatic rings. The van der Waals surface area contributed by atoms with Crippen LogP contribution in [0.1, 0.15) is 50.0 Å². The summed E-state index contributed by atoms with van der Waals surface area (Å²) < 4.78 is 93.0. The monoisotopic (exact) mass is 689 g/mol. The number of rotatable bonds is 8. The molecule has 2 aromatic carbocycles. The fourth-order valence-corrected chi connectivity index (χ4v) is 6.97. The Balaban J connectivity index is 1.32. The third kappa shape index (κ3) is 6.73. The number of aryl methyl sites for hydroxylation is 1. The van der Waals surface area contributed by atoms with Gasteiger partial charge in [-0.3, -0.25) is 4.79 Å². The van der Waals surface area contributed by atoms with Crippen molar-refractivity contribution in [3.63, 3.8) is 0 Å². The summed E-state index contributed by atoms with van der Waals surface area (Å²) in [5.74, 6) is -5.99. The zero-order valence-electron chi connectivity index (χ0n) is 26.4. The summed E-state index contributed by atoms with van der Waals surface area (Å²) in [7, 11) is 0. The number of nitrogen functional groups attached to an aromatic ring is 1. The number of carboxylic acid groups (broad SMARTS) is 1. The van der Waals surface area contributed by atoms with Crippen LogP contribution in [-0.4, -0.2) is 62.2 Å². The van der Waals surface area contributed by atoms with Crippen molar-refractivity contribution in [3.8, 4) is 22.7 Å². The standard InChI is InChI=1S/C33H33F6N7O3/c1-3-25-32(16-23(41-25)30(47)48)7-10-45(11-8-32)26-15-27(43-31(40)42-26)49-29(33(37,38)39)20-5-4-18(14-24(20)46-9-6-17(2)44-46)19-12-21(34)28(36)22(35)13-19/h4-6,9,12-15,23,25,29,41H,3,7-8,10-11,16H2,1-2H3,(H,47,48)(H2,40,42,43)/t23?,25?,29-/m1/s1. The second-order valence-corrected chi connectivity index (χ2v) is 12.5. The molecule has 2 aliphatic heterocycles. The maximum Gasteiger partial charge on any atom is 0.429 e.